The fraction of sp³-hybridized carbons (Fsp3) is 0.133. The topological polar surface area (TPSA) is 40.9 Å². The lowest BCUT2D eigenvalue weighted by atomic mass is 10.0. The summed E-state index contributed by atoms with van der Waals surface area (Å²) in [4.78, 5) is 22.7. The van der Waals surface area contributed by atoms with Crippen LogP contribution in [-0.4, -0.2) is 46.4 Å². The van der Waals surface area contributed by atoms with Gasteiger partial charge in [-0.1, -0.05) is 65.7 Å². The molecule has 1 saturated heterocycles. The third-order valence-corrected chi connectivity index (χ3v) is 7.29. The Bertz CT molecular complexity index is 1560. The number of nitrogens with zero attached hydrogens (tertiary/aromatic N) is 4. The Morgan fingerprint density at radius 2 is 1.32 bits per heavy atom. The summed E-state index contributed by atoms with van der Waals surface area (Å²) in [5, 5.41) is 1.33. The van der Waals surface area contributed by atoms with Gasteiger partial charge in [0.05, 0.1) is 17.0 Å². The van der Waals surface area contributed by atoms with Crippen LogP contribution in [0.25, 0.3) is 28.2 Å². The van der Waals surface area contributed by atoms with Crippen molar-refractivity contribution in [2.75, 3.05) is 31.1 Å². The zero-order chi connectivity index (χ0) is 25.4. The Morgan fingerprint density at radius 3 is 1.97 bits per heavy atom. The van der Waals surface area contributed by atoms with Crippen molar-refractivity contribution in [3.8, 4) is 22.5 Å². The molecule has 2 aromatic heterocycles. The number of amides is 1. The Kier molecular flexibility index (Phi) is 6.33. The molecule has 0 unspecified atom stereocenters. The number of rotatable bonds is 4. The van der Waals surface area contributed by atoms with Crippen LogP contribution in [0.2, 0.25) is 10.0 Å². The second-order valence-electron chi connectivity index (χ2n) is 9.08. The molecular formula is C30H24Cl2N4O. The van der Waals surface area contributed by atoms with E-state index in [1.54, 1.807) is 0 Å². The van der Waals surface area contributed by atoms with E-state index in [0.717, 1.165) is 41.3 Å². The number of carbonyl (C=O) groups excluding carboxylic acids is 1. The first kappa shape index (κ1) is 23.6. The molecule has 37 heavy (non-hydrogen) atoms. The van der Waals surface area contributed by atoms with Crippen LogP contribution in [-0.2, 0) is 0 Å². The second kappa shape index (κ2) is 9.92. The number of piperazine rings is 1. The predicted octanol–water partition coefficient (Wildman–Crippen LogP) is 6.94. The predicted molar refractivity (Wildman–Crippen MR) is 151 cm³/mol. The lowest BCUT2D eigenvalue weighted by molar-refractivity contribution is 0.0746. The van der Waals surface area contributed by atoms with Crippen molar-refractivity contribution < 1.29 is 4.79 Å². The van der Waals surface area contributed by atoms with Crippen molar-refractivity contribution in [3.63, 3.8) is 0 Å². The number of anilines is 1. The van der Waals surface area contributed by atoms with Crippen LogP contribution in [0.15, 0.2) is 97.2 Å². The molecule has 0 saturated carbocycles. The second-order valence-corrected chi connectivity index (χ2v) is 9.96. The molecule has 1 amide bonds. The number of hydrogen-bond donors (Lipinski definition) is 0. The maximum atomic E-state index is 13.5. The van der Waals surface area contributed by atoms with Gasteiger partial charge in [0.15, 0.2) is 0 Å². The molecule has 0 N–H and O–H groups in total. The number of hydrogen-bond acceptors (Lipinski definition) is 3. The van der Waals surface area contributed by atoms with Gasteiger partial charge in [0.25, 0.3) is 5.91 Å². The number of benzene rings is 3. The summed E-state index contributed by atoms with van der Waals surface area (Å²) in [5.41, 5.74) is 6.22. The first-order valence-corrected chi connectivity index (χ1v) is 13.0. The summed E-state index contributed by atoms with van der Waals surface area (Å²) in [6.45, 7) is 2.96. The van der Waals surface area contributed by atoms with Crippen molar-refractivity contribution in [2.45, 2.75) is 0 Å². The Balaban J connectivity index is 1.35. The zero-order valence-corrected chi connectivity index (χ0v) is 21.5. The van der Waals surface area contributed by atoms with E-state index in [9.17, 15) is 4.79 Å². The highest BCUT2D eigenvalue weighted by Crippen LogP contribution is 2.34. The van der Waals surface area contributed by atoms with Gasteiger partial charge in [-0.05, 0) is 48.5 Å². The molecule has 5 aromatic rings. The van der Waals surface area contributed by atoms with Crippen molar-refractivity contribution in [1.29, 1.82) is 0 Å². The number of imidazole rings is 1. The zero-order valence-electron chi connectivity index (χ0n) is 20.0. The minimum absolute atomic E-state index is 0.0263. The quantitative estimate of drug-likeness (QED) is 0.254. The third-order valence-electron chi connectivity index (χ3n) is 6.79. The summed E-state index contributed by atoms with van der Waals surface area (Å²) in [7, 11) is 0. The Hall–Kier alpha value is -3.80. The van der Waals surface area contributed by atoms with Crippen LogP contribution in [0.3, 0.4) is 0 Å². The van der Waals surface area contributed by atoms with Gasteiger partial charge in [-0.3, -0.25) is 9.20 Å². The average molecular weight is 527 g/mol. The molecule has 0 radical (unpaired) electrons. The van der Waals surface area contributed by atoms with Gasteiger partial charge in [-0.25, -0.2) is 4.98 Å². The molecule has 1 aliphatic heterocycles. The summed E-state index contributed by atoms with van der Waals surface area (Å²) < 4.78 is 2.00. The van der Waals surface area contributed by atoms with E-state index in [1.165, 1.54) is 5.69 Å². The highest BCUT2D eigenvalue weighted by molar-refractivity contribution is 6.31. The van der Waals surface area contributed by atoms with Crippen LogP contribution in [0.1, 0.15) is 10.4 Å². The van der Waals surface area contributed by atoms with E-state index in [1.807, 2.05) is 94.4 Å². The van der Waals surface area contributed by atoms with Crippen LogP contribution >= 0.6 is 23.2 Å². The Labute approximate surface area is 225 Å². The molecule has 7 heteroatoms. The standard InChI is InChI=1S/C30H24Cl2N4O/c31-24-11-6-21(7-12-24)28-29(22-8-13-25(32)14-9-22)36-20-23(10-15-27(36)33-28)30(37)35-18-16-34(17-19-35)26-4-2-1-3-5-26/h1-15,20H,16-19H2. The largest absolute Gasteiger partial charge is 0.368 e. The van der Waals surface area contributed by atoms with E-state index in [4.69, 9.17) is 28.2 Å². The minimum Gasteiger partial charge on any atom is -0.368 e. The lowest BCUT2D eigenvalue weighted by Crippen LogP contribution is -2.48. The highest BCUT2D eigenvalue weighted by Gasteiger charge is 2.24. The maximum absolute atomic E-state index is 13.5. The van der Waals surface area contributed by atoms with Gasteiger partial charge < -0.3 is 9.80 Å². The molecule has 184 valence electrons. The summed E-state index contributed by atoms with van der Waals surface area (Å²) in [6.07, 6.45) is 1.90. The highest BCUT2D eigenvalue weighted by atomic mass is 35.5. The van der Waals surface area contributed by atoms with Gasteiger partial charge in [0, 0.05) is 59.2 Å². The molecule has 3 aromatic carbocycles. The van der Waals surface area contributed by atoms with E-state index >= 15 is 0 Å². The Morgan fingerprint density at radius 1 is 0.703 bits per heavy atom. The molecule has 0 bridgehead atoms. The van der Waals surface area contributed by atoms with Crippen molar-refractivity contribution in [1.82, 2.24) is 14.3 Å². The summed E-state index contributed by atoms with van der Waals surface area (Å²) in [5.74, 6) is 0.0263. The normalized spacial score (nSPS) is 13.8. The molecule has 1 aliphatic rings. The summed E-state index contributed by atoms with van der Waals surface area (Å²) >= 11 is 12.3. The number of halogens is 2. The first-order chi connectivity index (χ1) is 18.1. The average Bonchev–Trinajstić information content (AvgIpc) is 3.33. The van der Waals surface area contributed by atoms with Crippen LogP contribution in [0, 0.1) is 0 Å². The first-order valence-electron chi connectivity index (χ1n) is 12.2. The van der Waals surface area contributed by atoms with Crippen LogP contribution in [0.5, 0.6) is 0 Å². The van der Waals surface area contributed by atoms with Gasteiger partial charge in [-0.2, -0.15) is 0 Å². The van der Waals surface area contributed by atoms with Gasteiger partial charge in [0.2, 0.25) is 0 Å². The SMILES string of the molecule is O=C(c1ccc2nc(-c3ccc(Cl)cc3)c(-c3ccc(Cl)cc3)n2c1)N1CCN(c2ccccc2)CC1. The third kappa shape index (κ3) is 4.68. The van der Waals surface area contributed by atoms with E-state index in [2.05, 4.69) is 17.0 Å². The number of carbonyl (C=O) groups is 1. The van der Waals surface area contributed by atoms with E-state index in [-0.39, 0.29) is 5.91 Å². The lowest BCUT2D eigenvalue weighted by Gasteiger charge is -2.36. The number of fused-ring (bicyclic) bond motifs is 1. The van der Waals surface area contributed by atoms with Crippen LogP contribution in [0.4, 0.5) is 5.69 Å². The summed E-state index contributed by atoms with van der Waals surface area (Å²) in [6, 6.07) is 29.4. The van der Waals surface area contributed by atoms with Crippen molar-refractivity contribution in [2.24, 2.45) is 0 Å². The van der Waals surface area contributed by atoms with Crippen molar-refractivity contribution in [3.05, 3.63) is 113 Å². The molecule has 6 rings (SSSR count). The molecule has 5 nitrogen and oxygen atoms in total. The number of pyridine rings is 1. The molecule has 3 heterocycles. The van der Waals surface area contributed by atoms with Gasteiger partial charge >= 0.3 is 0 Å². The van der Waals surface area contributed by atoms with Gasteiger partial charge in [-0.15, -0.1) is 0 Å². The number of para-hydroxylation sites is 1. The van der Waals surface area contributed by atoms with Crippen molar-refractivity contribution >= 4 is 40.4 Å². The maximum Gasteiger partial charge on any atom is 0.255 e. The molecular weight excluding hydrogens is 503 g/mol. The minimum atomic E-state index is 0.0263. The molecule has 0 atom stereocenters. The number of aromatic nitrogens is 2. The fourth-order valence-corrected chi connectivity index (χ4v) is 5.10. The smallest absolute Gasteiger partial charge is 0.255 e. The molecule has 0 spiro atoms. The molecule has 1 fully saturated rings. The molecule has 0 aliphatic carbocycles. The van der Waals surface area contributed by atoms with Crippen LogP contribution < -0.4 is 4.90 Å². The fourth-order valence-electron chi connectivity index (χ4n) is 4.85. The van der Waals surface area contributed by atoms with E-state index < -0.39 is 0 Å². The van der Waals surface area contributed by atoms with Gasteiger partial charge in [0.1, 0.15) is 5.65 Å². The van der Waals surface area contributed by atoms with E-state index in [0.29, 0.717) is 28.7 Å². The monoisotopic (exact) mass is 526 g/mol.